The number of hydrogen-bond donors (Lipinski definition) is 0. The van der Waals surface area contributed by atoms with Gasteiger partial charge in [-0.2, -0.15) is 0 Å². The molecule has 76 valence electrons. The van der Waals surface area contributed by atoms with Gasteiger partial charge in [-0.05, 0) is 12.5 Å². The van der Waals surface area contributed by atoms with E-state index in [9.17, 15) is 0 Å². The highest BCUT2D eigenvalue weighted by Crippen LogP contribution is 2.13. The molecule has 0 saturated heterocycles. The maximum Gasteiger partial charge on any atom is 0.180 e. The molecule has 0 bridgehead atoms. The van der Waals surface area contributed by atoms with Crippen molar-refractivity contribution >= 4 is 11.6 Å². The zero-order valence-corrected chi connectivity index (χ0v) is 8.94. The summed E-state index contributed by atoms with van der Waals surface area (Å²) in [6.45, 7) is 1.93. The molecule has 0 spiro atoms. The first-order chi connectivity index (χ1) is 7.31. The van der Waals surface area contributed by atoms with Gasteiger partial charge in [0.05, 0.1) is 17.8 Å². The lowest BCUT2D eigenvalue weighted by Crippen LogP contribution is -1.98. The Bertz CT molecular complexity index is 458. The Morgan fingerprint density at radius 3 is 2.73 bits per heavy atom. The second-order valence-corrected chi connectivity index (χ2v) is 3.31. The highest BCUT2D eigenvalue weighted by Gasteiger charge is 2.05. The Morgan fingerprint density at radius 1 is 1.20 bits per heavy atom. The van der Waals surface area contributed by atoms with Crippen molar-refractivity contribution in [1.82, 2.24) is 19.9 Å². The van der Waals surface area contributed by atoms with Gasteiger partial charge in [-0.1, -0.05) is 0 Å². The van der Waals surface area contributed by atoms with Gasteiger partial charge >= 0.3 is 0 Å². The lowest BCUT2D eigenvalue weighted by molar-refractivity contribution is 1.03. The zero-order chi connectivity index (χ0) is 10.7. The third kappa shape index (κ3) is 2.10. The lowest BCUT2D eigenvalue weighted by atomic mass is 10.2. The maximum atomic E-state index is 5.77. The van der Waals surface area contributed by atoms with Crippen LogP contribution in [-0.4, -0.2) is 19.9 Å². The predicted molar refractivity (Wildman–Crippen MR) is 57.4 cm³/mol. The first-order valence-corrected chi connectivity index (χ1v) is 4.99. The monoisotopic (exact) mass is 220 g/mol. The Morgan fingerprint density at radius 2 is 2.07 bits per heavy atom. The number of nitrogens with zero attached hydrogens (tertiary/aromatic N) is 4. The van der Waals surface area contributed by atoms with Crippen LogP contribution in [-0.2, 0) is 5.88 Å². The van der Waals surface area contributed by atoms with Crippen LogP contribution in [0.3, 0.4) is 0 Å². The first-order valence-electron chi connectivity index (χ1n) is 4.46. The van der Waals surface area contributed by atoms with E-state index in [2.05, 4.69) is 19.9 Å². The van der Waals surface area contributed by atoms with Gasteiger partial charge < -0.3 is 0 Å². The molecule has 0 N–H and O–H groups in total. The van der Waals surface area contributed by atoms with E-state index >= 15 is 0 Å². The lowest BCUT2D eigenvalue weighted by Gasteiger charge is -2.03. The van der Waals surface area contributed by atoms with Gasteiger partial charge in [0.15, 0.2) is 5.82 Å². The van der Waals surface area contributed by atoms with Crippen molar-refractivity contribution in [2.45, 2.75) is 12.8 Å². The average molecular weight is 221 g/mol. The Hall–Kier alpha value is -1.55. The summed E-state index contributed by atoms with van der Waals surface area (Å²) < 4.78 is 0. The second kappa shape index (κ2) is 4.31. The highest BCUT2D eigenvalue weighted by atomic mass is 35.5. The molecule has 0 aliphatic rings. The van der Waals surface area contributed by atoms with Crippen LogP contribution in [0.1, 0.15) is 11.3 Å². The van der Waals surface area contributed by atoms with Crippen molar-refractivity contribution in [1.29, 1.82) is 0 Å². The molecule has 0 aromatic carbocycles. The summed E-state index contributed by atoms with van der Waals surface area (Å²) in [6, 6.07) is 0. The smallest absolute Gasteiger partial charge is 0.180 e. The fourth-order valence-corrected chi connectivity index (χ4v) is 1.42. The summed E-state index contributed by atoms with van der Waals surface area (Å²) >= 11 is 5.77. The third-order valence-electron chi connectivity index (χ3n) is 2.00. The van der Waals surface area contributed by atoms with E-state index in [0.717, 1.165) is 11.3 Å². The molecule has 0 saturated carbocycles. The van der Waals surface area contributed by atoms with Gasteiger partial charge in [0.25, 0.3) is 0 Å². The van der Waals surface area contributed by atoms with Crippen LogP contribution in [0.4, 0.5) is 0 Å². The fourth-order valence-electron chi connectivity index (χ4n) is 1.15. The van der Waals surface area contributed by atoms with Gasteiger partial charge in [-0.3, -0.25) is 4.98 Å². The molecule has 0 atom stereocenters. The van der Waals surface area contributed by atoms with E-state index in [1.807, 2.05) is 6.92 Å². The van der Waals surface area contributed by atoms with E-state index in [4.69, 9.17) is 11.6 Å². The number of aryl methyl sites for hydroxylation is 1. The molecule has 0 amide bonds. The molecule has 2 aromatic rings. The van der Waals surface area contributed by atoms with Crippen molar-refractivity contribution < 1.29 is 0 Å². The van der Waals surface area contributed by atoms with E-state index in [1.165, 1.54) is 0 Å². The van der Waals surface area contributed by atoms with Crippen molar-refractivity contribution in [3.05, 3.63) is 36.0 Å². The van der Waals surface area contributed by atoms with Gasteiger partial charge in [0, 0.05) is 18.6 Å². The molecule has 15 heavy (non-hydrogen) atoms. The van der Waals surface area contributed by atoms with Crippen molar-refractivity contribution in [2.75, 3.05) is 0 Å². The number of rotatable bonds is 2. The molecule has 2 aromatic heterocycles. The molecule has 4 nitrogen and oxygen atoms in total. The minimum Gasteiger partial charge on any atom is -0.261 e. The molecular weight excluding hydrogens is 212 g/mol. The zero-order valence-electron chi connectivity index (χ0n) is 8.18. The third-order valence-corrected chi connectivity index (χ3v) is 2.25. The van der Waals surface area contributed by atoms with Crippen LogP contribution in [0.25, 0.3) is 11.5 Å². The van der Waals surface area contributed by atoms with E-state index in [-0.39, 0.29) is 0 Å². The standard InChI is InChI=1S/C10H9ClN4/c1-7-5-14-10(15-8(7)4-11)9-6-12-2-3-13-9/h2-3,5-6H,4H2,1H3. The van der Waals surface area contributed by atoms with Crippen molar-refractivity contribution in [3.8, 4) is 11.5 Å². The molecule has 2 rings (SSSR count). The fraction of sp³-hybridized carbons (Fsp3) is 0.200. The summed E-state index contributed by atoms with van der Waals surface area (Å²) in [4.78, 5) is 16.6. The van der Waals surface area contributed by atoms with Gasteiger partial charge in [-0.25, -0.2) is 15.0 Å². The quantitative estimate of drug-likeness (QED) is 0.727. The summed E-state index contributed by atoms with van der Waals surface area (Å²) in [5, 5.41) is 0. The summed E-state index contributed by atoms with van der Waals surface area (Å²) in [7, 11) is 0. The molecule has 0 aliphatic carbocycles. The second-order valence-electron chi connectivity index (χ2n) is 3.05. The van der Waals surface area contributed by atoms with Crippen LogP contribution in [0, 0.1) is 6.92 Å². The Balaban J connectivity index is 2.46. The van der Waals surface area contributed by atoms with Gasteiger partial charge in [0.2, 0.25) is 0 Å². The first kappa shape index (κ1) is 9.98. The van der Waals surface area contributed by atoms with Crippen LogP contribution in [0.5, 0.6) is 0 Å². The maximum absolute atomic E-state index is 5.77. The van der Waals surface area contributed by atoms with Crippen LogP contribution in [0.15, 0.2) is 24.8 Å². The predicted octanol–water partition coefficient (Wildman–Crippen LogP) is 1.98. The molecule has 2 heterocycles. The summed E-state index contributed by atoms with van der Waals surface area (Å²) in [5.74, 6) is 0.936. The average Bonchev–Trinajstić information content (AvgIpc) is 2.31. The number of halogens is 1. The van der Waals surface area contributed by atoms with E-state index in [0.29, 0.717) is 17.4 Å². The van der Waals surface area contributed by atoms with Crippen molar-refractivity contribution in [3.63, 3.8) is 0 Å². The number of aromatic nitrogens is 4. The van der Waals surface area contributed by atoms with Crippen molar-refractivity contribution in [2.24, 2.45) is 0 Å². The molecule has 0 unspecified atom stereocenters. The minimum atomic E-state index is 0.377. The van der Waals surface area contributed by atoms with Crippen LogP contribution in [0.2, 0.25) is 0 Å². The normalized spacial score (nSPS) is 10.3. The number of hydrogen-bond acceptors (Lipinski definition) is 4. The van der Waals surface area contributed by atoms with Crippen LogP contribution >= 0.6 is 11.6 Å². The summed E-state index contributed by atoms with van der Waals surface area (Å²) in [6.07, 6.45) is 6.59. The van der Waals surface area contributed by atoms with Crippen LogP contribution < -0.4 is 0 Å². The highest BCUT2D eigenvalue weighted by molar-refractivity contribution is 6.17. The molecule has 0 fully saturated rings. The Labute approximate surface area is 92.4 Å². The Kier molecular flexibility index (Phi) is 2.87. The molecule has 5 heteroatoms. The molecule has 0 radical (unpaired) electrons. The SMILES string of the molecule is Cc1cnc(-c2cnccn2)nc1CCl. The topological polar surface area (TPSA) is 51.6 Å². The summed E-state index contributed by atoms with van der Waals surface area (Å²) in [5.41, 5.74) is 2.47. The van der Waals surface area contributed by atoms with Gasteiger partial charge in [0.1, 0.15) is 5.69 Å². The molecule has 0 aliphatic heterocycles. The largest absolute Gasteiger partial charge is 0.261 e. The van der Waals surface area contributed by atoms with Gasteiger partial charge in [-0.15, -0.1) is 11.6 Å². The van der Waals surface area contributed by atoms with E-state index < -0.39 is 0 Å². The molecular formula is C10H9ClN4. The number of alkyl halides is 1. The van der Waals surface area contributed by atoms with E-state index in [1.54, 1.807) is 24.8 Å². The minimum absolute atomic E-state index is 0.377.